The number of nitrogens with one attached hydrogen (secondary N) is 1. The standard InChI is InChI=1S/C21H24FN3O3/c1-28-14-11-23-20(26)16-7-9-18(10-8-16)25-13-4-12-24(21(25)27)15-17-5-2-3-6-19(17)22/h2-3,5-10H,4,11-15H2,1H3,(H,23,26). The number of hydrogen-bond acceptors (Lipinski definition) is 3. The van der Waals surface area contributed by atoms with Crippen molar-refractivity contribution in [1.29, 1.82) is 0 Å². The van der Waals surface area contributed by atoms with Crippen LogP contribution in [0.15, 0.2) is 48.5 Å². The molecule has 0 radical (unpaired) electrons. The van der Waals surface area contributed by atoms with Crippen LogP contribution in [-0.4, -0.2) is 50.2 Å². The van der Waals surface area contributed by atoms with Crippen LogP contribution in [0.4, 0.5) is 14.9 Å². The molecule has 1 N–H and O–H groups in total. The topological polar surface area (TPSA) is 61.9 Å². The highest BCUT2D eigenvalue weighted by Crippen LogP contribution is 2.22. The van der Waals surface area contributed by atoms with Gasteiger partial charge >= 0.3 is 6.03 Å². The second kappa shape index (κ2) is 9.32. The fraction of sp³-hybridized carbons (Fsp3) is 0.333. The molecule has 1 fully saturated rings. The Morgan fingerprint density at radius 3 is 2.61 bits per heavy atom. The van der Waals surface area contributed by atoms with Crippen LogP contribution < -0.4 is 10.2 Å². The molecule has 0 unspecified atom stereocenters. The fourth-order valence-corrected chi connectivity index (χ4v) is 3.16. The molecule has 1 heterocycles. The minimum atomic E-state index is -0.309. The summed E-state index contributed by atoms with van der Waals surface area (Å²) in [5.74, 6) is -0.494. The lowest BCUT2D eigenvalue weighted by Gasteiger charge is -2.35. The molecule has 3 amide bonds. The molecule has 2 aromatic rings. The predicted octanol–water partition coefficient (Wildman–Crippen LogP) is 3.03. The Bertz CT molecular complexity index is 826. The van der Waals surface area contributed by atoms with Gasteiger partial charge in [0.05, 0.1) is 13.2 Å². The van der Waals surface area contributed by atoms with E-state index in [0.717, 1.165) is 12.1 Å². The van der Waals surface area contributed by atoms with Gasteiger partial charge in [-0.05, 0) is 36.8 Å². The van der Waals surface area contributed by atoms with Crippen LogP contribution >= 0.6 is 0 Å². The van der Waals surface area contributed by atoms with E-state index < -0.39 is 0 Å². The van der Waals surface area contributed by atoms with Crippen molar-refractivity contribution in [3.8, 4) is 0 Å². The van der Waals surface area contributed by atoms with Crippen LogP contribution in [0.25, 0.3) is 0 Å². The third kappa shape index (κ3) is 4.67. The van der Waals surface area contributed by atoms with Crippen LogP contribution in [0.3, 0.4) is 0 Å². The van der Waals surface area contributed by atoms with Gasteiger partial charge in [0.25, 0.3) is 5.91 Å². The highest BCUT2D eigenvalue weighted by Gasteiger charge is 2.27. The summed E-state index contributed by atoms with van der Waals surface area (Å²) in [4.78, 5) is 28.2. The quantitative estimate of drug-likeness (QED) is 0.746. The van der Waals surface area contributed by atoms with Gasteiger partial charge in [-0.3, -0.25) is 9.69 Å². The van der Waals surface area contributed by atoms with Crippen molar-refractivity contribution in [3.05, 3.63) is 65.5 Å². The predicted molar refractivity (Wildman–Crippen MR) is 105 cm³/mol. The SMILES string of the molecule is COCCNC(=O)c1ccc(N2CCCN(Cc3ccccc3F)C2=O)cc1. The number of carbonyl (C=O) groups is 2. The van der Waals surface area contributed by atoms with Gasteiger partial charge in [0.1, 0.15) is 5.82 Å². The van der Waals surface area contributed by atoms with Gasteiger partial charge < -0.3 is 15.0 Å². The van der Waals surface area contributed by atoms with Crippen LogP contribution in [0, 0.1) is 5.82 Å². The highest BCUT2D eigenvalue weighted by atomic mass is 19.1. The van der Waals surface area contributed by atoms with E-state index in [4.69, 9.17) is 4.74 Å². The van der Waals surface area contributed by atoms with Crippen molar-refractivity contribution in [1.82, 2.24) is 10.2 Å². The molecule has 0 spiro atoms. The number of amides is 3. The zero-order chi connectivity index (χ0) is 19.9. The summed E-state index contributed by atoms with van der Waals surface area (Å²) in [5, 5.41) is 2.76. The Morgan fingerprint density at radius 1 is 1.14 bits per heavy atom. The van der Waals surface area contributed by atoms with Crippen molar-refractivity contribution in [2.45, 2.75) is 13.0 Å². The van der Waals surface area contributed by atoms with Crippen LogP contribution in [0.5, 0.6) is 0 Å². The molecule has 3 rings (SSSR count). The van der Waals surface area contributed by atoms with E-state index in [9.17, 15) is 14.0 Å². The molecule has 0 aromatic heterocycles. The van der Waals surface area contributed by atoms with E-state index in [1.165, 1.54) is 6.07 Å². The minimum absolute atomic E-state index is 0.160. The molecule has 1 aliphatic rings. The summed E-state index contributed by atoms with van der Waals surface area (Å²) in [6, 6.07) is 13.2. The maximum absolute atomic E-state index is 13.9. The zero-order valence-electron chi connectivity index (χ0n) is 15.9. The van der Waals surface area contributed by atoms with Gasteiger partial charge in [0.2, 0.25) is 0 Å². The Labute approximate surface area is 163 Å². The molecule has 28 heavy (non-hydrogen) atoms. The molecule has 1 aliphatic heterocycles. The second-order valence-corrected chi connectivity index (χ2v) is 6.60. The third-order valence-corrected chi connectivity index (χ3v) is 4.66. The van der Waals surface area contributed by atoms with E-state index in [-0.39, 0.29) is 24.3 Å². The van der Waals surface area contributed by atoms with Crippen molar-refractivity contribution in [2.75, 3.05) is 38.3 Å². The first kappa shape index (κ1) is 19.8. The van der Waals surface area contributed by atoms with E-state index in [1.807, 2.05) is 0 Å². The highest BCUT2D eigenvalue weighted by molar-refractivity contribution is 5.96. The molecule has 148 valence electrons. The lowest BCUT2D eigenvalue weighted by Crippen LogP contribution is -2.49. The largest absolute Gasteiger partial charge is 0.383 e. The fourth-order valence-electron chi connectivity index (χ4n) is 3.16. The molecule has 6 nitrogen and oxygen atoms in total. The number of anilines is 1. The number of rotatable bonds is 7. The van der Waals surface area contributed by atoms with Gasteiger partial charge in [0.15, 0.2) is 0 Å². The monoisotopic (exact) mass is 385 g/mol. The molecular weight excluding hydrogens is 361 g/mol. The summed E-state index contributed by atoms with van der Waals surface area (Å²) >= 11 is 0. The van der Waals surface area contributed by atoms with Crippen LogP contribution in [-0.2, 0) is 11.3 Å². The number of methoxy groups -OCH3 is 1. The average molecular weight is 385 g/mol. The molecular formula is C21H24FN3O3. The number of halogens is 1. The average Bonchev–Trinajstić information content (AvgIpc) is 2.71. The zero-order valence-corrected chi connectivity index (χ0v) is 15.9. The third-order valence-electron chi connectivity index (χ3n) is 4.66. The number of ether oxygens (including phenoxy) is 1. The smallest absolute Gasteiger partial charge is 0.324 e. The van der Waals surface area contributed by atoms with Crippen molar-refractivity contribution >= 4 is 17.6 Å². The van der Waals surface area contributed by atoms with E-state index in [2.05, 4.69) is 5.32 Å². The van der Waals surface area contributed by atoms with E-state index in [0.29, 0.717) is 37.4 Å². The van der Waals surface area contributed by atoms with Crippen LogP contribution in [0.1, 0.15) is 22.3 Å². The Morgan fingerprint density at radius 2 is 1.89 bits per heavy atom. The molecule has 0 atom stereocenters. The Hall–Kier alpha value is -2.93. The van der Waals surface area contributed by atoms with E-state index >= 15 is 0 Å². The number of carbonyl (C=O) groups excluding carboxylic acids is 2. The summed E-state index contributed by atoms with van der Waals surface area (Å²) < 4.78 is 18.8. The molecule has 1 saturated heterocycles. The Balaban J connectivity index is 1.66. The molecule has 0 bridgehead atoms. The molecule has 0 aliphatic carbocycles. The van der Waals surface area contributed by atoms with Gasteiger partial charge in [-0.15, -0.1) is 0 Å². The molecule has 7 heteroatoms. The van der Waals surface area contributed by atoms with Gasteiger partial charge in [-0.1, -0.05) is 18.2 Å². The number of benzene rings is 2. The molecule has 0 saturated carbocycles. The number of urea groups is 1. The van der Waals surface area contributed by atoms with Gasteiger partial charge in [-0.2, -0.15) is 0 Å². The first-order chi connectivity index (χ1) is 13.6. The summed E-state index contributed by atoms with van der Waals surface area (Å²) in [6.07, 6.45) is 0.791. The lowest BCUT2D eigenvalue weighted by atomic mass is 10.1. The van der Waals surface area contributed by atoms with Crippen LogP contribution in [0.2, 0.25) is 0 Å². The molecule has 2 aromatic carbocycles. The lowest BCUT2D eigenvalue weighted by molar-refractivity contribution is 0.0937. The number of nitrogens with zero attached hydrogens (tertiary/aromatic N) is 2. The normalized spacial score (nSPS) is 14.3. The summed E-state index contributed by atoms with van der Waals surface area (Å²) in [7, 11) is 1.58. The number of hydrogen-bond donors (Lipinski definition) is 1. The van der Waals surface area contributed by atoms with Crippen molar-refractivity contribution < 1.29 is 18.7 Å². The first-order valence-corrected chi connectivity index (χ1v) is 9.27. The first-order valence-electron chi connectivity index (χ1n) is 9.27. The van der Waals surface area contributed by atoms with Gasteiger partial charge in [-0.25, -0.2) is 9.18 Å². The maximum atomic E-state index is 13.9. The summed E-state index contributed by atoms with van der Waals surface area (Å²) in [6.45, 7) is 2.30. The Kier molecular flexibility index (Phi) is 6.60. The van der Waals surface area contributed by atoms with Gasteiger partial charge in [0, 0.05) is 43.6 Å². The maximum Gasteiger partial charge on any atom is 0.324 e. The van der Waals surface area contributed by atoms with Crippen molar-refractivity contribution in [3.63, 3.8) is 0 Å². The van der Waals surface area contributed by atoms with Crippen molar-refractivity contribution in [2.24, 2.45) is 0 Å². The van der Waals surface area contributed by atoms with E-state index in [1.54, 1.807) is 59.4 Å². The summed E-state index contributed by atoms with van der Waals surface area (Å²) in [5.41, 5.74) is 1.74. The second-order valence-electron chi connectivity index (χ2n) is 6.60. The minimum Gasteiger partial charge on any atom is -0.383 e.